The van der Waals surface area contributed by atoms with Crippen molar-refractivity contribution in [2.45, 2.75) is 6.04 Å². The van der Waals surface area contributed by atoms with Gasteiger partial charge in [0, 0.05) is 35.3 Å². The smallest absolute Gasteiger partial charge is 0.294 e. The second-order valence-corrected chi connectivity index (χ2v) is 10.1. The number of carbonyl (C=O) groups excluding carboxylic acids is 2. The predicted molar refractivity (Wildman–Crippen MR) is 147 cm³/mol. The Morgan fingerprint density at radius 2 is 1.81 bits per heavy atom. The highest BCUT2D eigenvalue weighted by Gasteiger charge is 2.45. The van der Waals surface area contributed by atoms with Crippen LogP contribution in [-0.2, 0) is 4.79 Å². The minimum Gasteiger partial charge on any atom is -0.503 e. The average Bonchev–Trinajstić information content (AvgIpc) is 3.42. The number of ether oxygens (including phenoxy) is 1. The number of ketones is 1. The number of halogens is 2. The van der Waals surface area contributed by atoms with Crippen LogP contribution in [0.4, 0.5) is 11.4 Å². The van der Waals surface area contributed by atoms with E-state index in [0.717, 1.165) is 10.2 Å². The lowest BCUT2D eigenvalue weighted by molar-refractivity contribution is -0.117. The monoisotopic (exact) mass is 580 g/mol. The fraction of sp³-hybridized carbons (Fsp3) is 0.143. The zero-order valence-electron chi connectivity index (χ0n) is 20.2. The van der Waals surface area contributed by atoms with Gasteiger partial charge in [0.25, 0.3) is 5.91 Å². The van der Waals surface area contributed by atoms with Crippen LogP contribution in [0.25, 0.3) is 11.0 Å². The standard InChI is InChI=1S/C28H22BrClN2O5/c1-31(2)18-7-4-15(5-8-18)25-24(26(33)23-13-16-12-17(29)6-10-21(16)37-23)27(34)28(35)32(25)19-9-11-22(36-3)20(30)14-19/h4-14,25,34H,1-3H3. The second-order valence-electron chi connectivity index (χ2n) is 8.77. The van der Waals surface area contributed by atoms with Gasteiger partial charge in [0.2, 0.25) is 5.78 Å². The number of hydrogen-bond donors (Lipinski definition) is 1. The number of amides is 1. The summed E-state index contributed by atoms with van der Waals surface area (Å²) in [5, 5.41) is 12.0. The lowest BCUT2D eigenvalue weighted by Gasteiger charge is -2.27. The number of benzene rings is 3. The molecule has 1 aliphatic rings. The van der Waals surface area contributed by atoms with Crippen molar-refractivity contribution in [3.05, 3.63) is 98.9 Å². The van der Waals surface area contributed by atoms with E-state index in [1.54, 1.807) is 36.4 Å². The van der Waals surface area contributed by atoms with Crippen LogP contribution in [0.1, 0.15) is 22.2 Å². The number of nitrogens with zero attached hydrogens (tertiary/aromatic N) is 2. The molecule has 0 spiro atoms. The van der Waals surface area contributed by atoms with Crippen LogP contribution in [0.5, 0.6) is 5.75 Å². The van der Waals surface area contributed by atoms with Gasteiger partial charge in [-0.3, -0.25) is 14.5 Å². The minimum absolute atomic E-state index is 0.0203. The molecule has 37 heavy (non-hydrogen) atoms. The van der Waals surface area contributed by atoms with Gasteiger partial charge in [0.05, 0.1) is 23.7 Å². The fourth-order valence-electron chi connectivity index (χ4n) is 4.44. The molecule has 0 radical (unpaired) electrons. The van der Waals surface area contributed by atoms with Crippen molar-refractivity contribution >= 4 is 61.6 Å². The van der Waals surface area contributed by atoms with Crippen LogP contribution in [0.2, 0.25) is 5.02 Å². The molecule has 2 heterocycles. The molecule has 3 aromatic carbocycles. The summed E-state index contributed by atoms with van der Waals surface area (Å²) in [5.41, 5.74) is 2.42. The van der Waals surface area contributed by atoms with Crippen LogP contribution < -0.4 is 14.5 Å². The molecule has 0 saturated heterocycles. The molecule has 1 aromatic heterocycles. The van der Waals surface area contributed by atoms with Gasteiger partial charge in [-0.15, -0.1) is 0 Å². The van der Waals surface area contributed by atoms with E-state index in [2.05, 4.69) is 15.9 Å². The minimum atomic E-state index is -0.916. The van der Waals surface area contributed by atoms with E-state index in [1.165, 1.54) is 12.0 Å². The number of furan rings is 1. The van der Waals surface area contributed by atoms with Crippen molar-refractivity contribution < 1.29 is 23.8 Å². The third kappa shape index (κ3) is 4.36. The molecule has 9 heteroatoms. The topological polar surface area (TPSA) is 83.2 Å². The molecule has 0 saturated carbocycles. The van der Waals surface area contributed by atoms with E-state index in [0.29, 0.717) is 28.0 Å². The maximum Gasteiger partial charge on any atom is 0.294 e. The number of anilines is 2. The third-order valence-electron chi connectivity index (χ3n) is 6.29. The van der Waals surface area contributed by atoms with Gasteiger partial charge in [-0.25, -0.2) is 0 Å². The van der Waals surface area contributed by atoms with Crippen molar-refractivity contribution in [1.29, 1.82) is 0 Å². The molecule has 0 aliphatic carbocycles. The lowest BCUT2D eigenvalue weighted by Crippen LogP contribution is -2.31. The van der Waals surface area contributed by atoms with Gasteiger partial charge in [-0.1, -0.05) is 39.7 Å². The predicted octanol–water partition coefficient (Wildman–Crippen LogP) is 6.71. The van der Waals surface area contributed by atoms with Crippen molar-refractivity contribution in [1.82, 2.24) is 0 Å². The number of Topliss-reactive ketones (excluding diaryl/α,β-unsaturated/α-hetero) is 1. The first-order valence-corrected chi connectivity index (χ1v) is 12.5. The number of rotatable bonds is 6. The zero-order valence-corrected chi connectivity index (χ0v) is 22.5. The Kier molecular flexibility index (Phi) is 6.47. The third-order valence-corrected chi connectivity index (χ3v) is 7.08. The van der Waals surface area contributed by atoms with Crippen LogP contribution in [0.3, 0.4) is 0 Å². The van der Waals surface area contributed by atoms with Crippen molar-refractivity contribution in [3.63, 3.8) is 0 Å². The molecule has 4 aromatic rings. The quantitative estimate of drug-likeness (QED) is 0.255. The Hall–Kier alpha value is -3.75. The molecule has 1 aliphatic heterocycles. The van der Waals surface area contributed by atoms with Crippen LogP contribution in [-0.4, -0.2) is 38.0 Å². The molecular weight excluding hydrogens is 560 g/mol. The largest absolute Gasteiger partial charge is 0.503 e. The Morgan fingerprint density at radius 1 is 1.08 bits per heavy atom. The molecule has 1 unspecified atom stereocenters. The highest BCUT2D eigenvalue weighted by Crippen LogP contribution is 2.44. The van der Waals surface area contributed by atoms with Crippen molar-refractivity contribution in [3.8, 4) is 5.75 Å². The number of fused-ring (bicyclic) bond motifs is 1. The number of methoxy groups -OCH3 is 1. The van der Waals surface area contributed by atoms with Crippen LogP contribution >= 0.6 is 27.5 Å². The zero-order chi connectivity index (χ0) is 26.4. The first-order valence-electron chi connectivity index (χ1n) is 11.3. The average molecular weight is 582 g/mol. The normalized spacial score (nSPS) is 15.5. The molecule has 0 bridgehead atoms. The summed E-state index contributed by atoms with van der Waals surface area (Å²) >= 11 is 9.78. The Balaban J connectivity index is 1.65. The van der Waals surface area contributed by atoms with Gasteiger partial charge < -0.3 is 19.2 Å². The van der Waals surface area contributed by atoms with E-state index in [1.807, 2.05) is 49.3 Å². The van der Waals surface area contributed by atoms with E-state index in [9.17, 15) is 14.7 Å². The van der Waals surface area contributed by atoms with Crippen LogP contribution in [0, 0.1) is 0 Å². The Bertz CT molecular complexity index is 1580. The van der Waals surface area contributed by atoms with E-state index in [-0.39, 0.29) is 16.4 Å². The summed E-state index contributed by atoms with van der Waals surface area (Å²) < 4.78 is 11.9. The first kappa shape index (κ1) is 24.9. The summed E-state index contributed by atoms with van der Waals surface area (Å²) in [4.78, 5) is 30.5. The Morgan fingerprint density at radius 3 is 2.46 bits per heavy atom. The van der Waals surface area contributed by atoms with E-state index >= 15 is 0 Å². The summed E-state index contributed by atoms with van der Waals surface area (Å²) in [6.45, 7) is 0. The second kappa shape index (κ2) is 9.61. The molecule has 1 N–H and O–H groups in total. The molecule has 1 atom stereocenters. The number of hydrogen-bond acceptors (Lipinski definition) is 6. The molecule has 1 amide bonds. The number of carbonyl (C=O) groups is 2. The van der Waals surface area contributed by atoms with Gasteiger partial charge >= 0.3 is 0 Å². The highest BCUT2D eigenvalue weighted by molar-refractivity contribution is 9.10. The van der Waals surface area contributed by atoms with Crippen molar-refractivity contribution in [2.75, 3.05) is 31.0 Å². The molecule has 188 valence electrons. The molecule has 5 rings (SSSR count). The van der Waals surface area contributed by atoms with Crippen LogP contribution in [0.15, 0.2) is 87.0 Å². The Labute approximate surface area is 226 Å². The molecular formula is C28H22BrClN2O5. The van der Waals surface area contributed by atoms with E-state index in [4.69, 9.17) is 20.8 Å². The summed E-state index contributed by atoms with van der Waals surface area (Å²) in [6.07, 6.45) is 0. The van der Waals surface area contributed by atoms with E-state index < -0.39 is 23.5 Å². The maximum absolute atomic E-state index is 13.8. The summed E-state index contributed by atoms with van der Waals surface area (Å²) in [6, 6.07) is 18.3. The summed E-state index contributed by atoms with van der Waals surface area (Å²) in [7, 11) is 5.33. The van der Waals surface area contributed by atoms with Gasteiger partial charge in [-0.05, 0) is 60.2 Å². The van der Waals surface area contributed by atoms with Gasteiger partial charge in [-0.2, -0.15) is 0 Å². The first-order chi connectivity index (χ1) is 17.7. The van der Waals surface area contributed by atoms with Gasteiger partial charge in [0.1, 0.15) is 11.3 Å². The SMILES string of the molecule is COc1ccc(N2C(=O)C(O)=C(C(=O)c3cc4cc(Br)ccc4o3)C2c2ccc(N(C)C)cc2)cc1Cl. The van der Waals surface area contributed by atoms with Crippen molar-refractivity contribution in [2.24, 2.45) is 0 Å². The molecule has 0 fully saturated rings. The molecule has 7 nitrogen and oxygen atoms in total. The number of aliphatic hydroxyl groups is 1. The fourth-order valence-corrected chi connectivity index (χ4v) is 5.07. The maximum atomic E-state index is 13.8. The number of aliphatic hydroxyl groups excluding tert-OH is 1. The summed E-state index contributed by atoms with van der Waals surface area (Å²) in [5.74, 6) is -1.48. The highest BCUT2D eigenvalue weighted by atomic mass is 79.9. The lowest BCUT2D eigenvalue weighted by atomic mass is 9.94. The van der Waals surface area contributed by atoms with Gasteiger partial charge in [0.15, 0.2) is 11.5 Å².